The minimum Gasteiger partial charge on any atom is -0.504 e. The first-order valence-electron chi connectivity index (χ1n) is 9.48. The molecule has 1 aliphatic carbocycles. The molecule has 1 unspecified atom stereocenters. The third-order valence-electron chi connectivity index (χ3n) is 5.70. The molecule has 2 aliphatic rings. The van der Waals surface area contributed by atoms with E-state index >= 15 is 0 Å². The Balaban J connectivity index is 1.83. The van der Waals surface area contributed by atoms with Crippen LogP contribution in [0.25, 0.3) is 10.9 Å². The van der Waals surface area contributed by atoms with Crippen LogP contribution in [0.5, 0.6) is 11.5 Å². The summed E-state index contributed by atoms with van der Waals surface area (Å²) in [5, 5.41) is 24.3. The number of carbonyl (C=O) groups is 1. The second kappa shape index (κ2) is 6.09. The number of aromatic nitrogens is 1. The van der Waals surface area contributed by atoms with E-state index in [0.29, 0.717) is 6.42 Å². The van der Waals surface area contributed by atoms with Crippen molar-refractivity contribution in [3.05, 3.63) is 70.6 Å². The molecule has 5 nitrogen and oxygen atoms in total. The largest absolute Gasteiger partial charge is 0.504 e. The molecule has 2 heterocycles. The van der Waals surface area contributed by atoms with Crippen LogP contribution in [0.15, 0.2) is 53.7 Å². The average molecular weight is 372 g/mol. The van der Waals surface area contributed by atoms with E-state index in [-0.39, 0.29) is 23.2 Å². The minimum absolute atomic E-state index is 0.133. The van der Waals surface area contributed by atoms with Crippen molar-refractivity contribution >= 4 is 22.4 Å². The molecule has 1 atom stereocenters. The Labute approximate surface area is 162 Å². The smallest absolute Gasteiger partial charge is 0.161 e. The van der Waals surface area contributed by atoms with E-state index in [4.69, 9.17) is 0 Å². The van der Waals surface area contributed by atoms with Crippen LogP contribution in [0.4, 0.5) is 5.69 Å². The zero-order valence-corrected chi connectivity index (χ0v) is 15.5. The first kappa shape index (κ1) is 16.8. The maximum atomic E-state index is 12.9. The fourth-order valence-corrected chi connectivity index (χ4v) is 4.44. The Morgan fingerprint density at radius 1 is 1.04 bits per heavy atom. The van der Waals surface area contributed by atoms with Gasteiger partial charge in [-0.2, -0.15) is 0 Å². The summed E-state index contributed by atoms with van der Waals surface area (Å²) >= 11 is 0. The highest BCUT2D eigenvalue weighted by atomic mass is 16.3. The van der Waals surface area contributed by atoms with Crippen LogP contribution in [-0.4, -0.2) is 21.0 Å². The third kappa shape index (κ3) is 2.47. The van der Waals surface area contributed by atoms with Gasteiger partial charge in [-0.25, -0.2) is 0 Å². The van der Waals surface area contributed by atoms with Crippen LogP contribution < -0.4 is 5.32 Å². The van der Waals surface area contributed by atoms with Gasteiger partial charge in [0.15, 0.2) is 17.3 Å². The molecule has 3 aromatic rings. The van der Waals surface area contributed by atoms with Crippen LogP contribution >= 0.6 is 0 Å². The van der Waals surface area contributed by atoms with Gasteiger partial charge in [-0.15, -0.1) is 0 Å². The van der Waals surface area contributed by atoms with E-state index in [1.165, 1.54) is 6.07 Å². The predicted octanol–water partition coefficient (Wildman–Crippen LogP) is 4.52. The van der Waals surface area contributed by atoms with Crippen molar-refractivity contribution < 1.29 is 15.0 Å². The molecule has 0 spiro atoms. The van der Waals surface area contributed by atoms with Crippen molar-refractivity contribution in [3.63, 3.8) is 0 Å². The summed E-state index contributed by atoms with van der Waals surface area (Å²) < 4.78 is 0. The van der Waals surface area contributed by atoms with Crippen LogP contribution in [-0.2, 0) is 4.79 Å². The zero-order chi connectivity index (χ0) is 19.4. The SMILES string of the molecule is Cc1ccc2c3c(ccc2n1)NC1=C(C(=O)CCC1)C3c1ccc(O)c(O)c1. The monoisotopic (exact) mass is 372 g/mol. The number of hydrogen-bond donors (Lipinski definition) is 3. The number of hydrogen-bond acceptors (Lipinski definition) is 5. The summed E-state index contributed by atoms with van der Waals surface area (Å²) in [7, 11) is 0. The predicted molar refractivity (Wildman–Crippen MR) is 108 cm³/mol. The van der Waals surface area contributed by atoms with Crippen molar-refractivity contribution in [1.29, 1.82) is 0 Å². The Hall–Kier alpha value is -3.34. The first-order chi connectivity index (χ1) is 13.5. The zero-order valence-electron chi connectivity index (χ0n) is 15.5. The summed E-state index contributed by atoms with van der Waals surface area (Å²) in [4.78, 5) is 17.6. The number of Topliss-reactive ketones (excluding diaryl/α,β-unsaturated/α-hetero) is 1. The maximum absolute atomic E-state index is 12.9. The van der Waals surface area contributed by atoms with Gasteiger partial charge >= 0.3 is 0 Å². The lowest BCUT2D eigenvalue weighted by atomic mass is 9.74. The molecule has 0 radical (unpaired) electrons. The molecule has 140 valence electrons. The van der Waals surface area contributed by atoms with E-state index < -0.39 is 0 Å². The number of carbonyl (C=O) groups excluding carboxylic acids is 1. The van der Waals surface area contributed by atoms with Crippen LogP contribution in [0.2, 0.25) is 0 Å². The Morgan fingerprint density at radius 3 is 2.71 bits per heavy atom. The van der Waals surface area contributed by atoms with Gasteiger partial charge in [-0.3, -0.25) is 9.78 Å². The van der Waals surface area contributed by atoms with Crippen LogP contribution in [0.3, 0.4) is 0 Å². The number of anilines is 1. The highest BCUT2D eigenvalue weighted by molar-refractivity contribution is 6.03. The standard InChI is InChI=1S/C23H20N2O3/c1-12-5-7-14-15(24-12)8-9-17-22(14)21(13-6-10-18(26)20(28)11-13)23-16(25-17)3-2-4-19(23)27/h5-11,21,25-26,28H,2-4H2,1H3. The summed E-state index contributed by atoms with van der Waals surface area (Å²) in [5.41, 5.74) is 6.27. The molecule has 28 heavy (non-hydrogen) atoms. The number of rotatable bonds is 1. The molecule has 0 saturated carbocycles. The molecule has 0 amide bonds. The number of aromatic hydroxyl groups is 2. The van der Waals surface area contributed by atoms with Gasteiger partial charge in [-0.05, 0) is 61.2 Å². The topological polar surface area (TPSA) is 82.5 Å². The van der Waals surface area contributed by atoms with Crippen molar-refractivity contribution in [2.75, 3.05) is 5.32 Å². The van der Waals surface area contributed by atoms with E-state index in [1.807, 2.05) is 31.2 Å². The number of fused-ring (bicyclic) bond motifs is 3. The lowest BCUT2D eigenvalue weighted by Gasteiger charge is -2.35. The number of allylic oxidation sites excluding steroid dienone is 2. The Morgan fingerprint density at radius 2 is 1.89 bits per heavy atom. The van der Waals surface area contributed by atoms with Gasteiger partial charge in [0.05, 0.1) is 5.52 Å². The number of phenols is 2. The van der Waals surface area contributed by atoms with Crippen molar-refractivity contribution in [1.82, 2.24) is 4.98 Å². The first-order valence-corrected chi connectivity index (χ1v) is 9.48. The molecular weight excluding hydrogens is 352 g/mol. The number of pyridine rings is 1. The molecule has 1 aliphatic heterocycles. The quantitative estimate of drug-likeness (QED) is 0.547. The second-order valence-corrected chi connectivity index (χ2v) is 7.52. The number of nitrogens with one attached hydrogen (secondary N) is 1. The third-order valence-corrected chi connectivity index (χ3v) is 5.70. The second-order valence-electron chi connectivity index (χ2n) is 7.52. The molecule has 1 aromatic heterocycles. The molecule has 3 N–H and O–H groups in total. The van der Waals surface area contributed by atoms with E-state index in [9.17, 15) is 15.0 Å². The minimum atomic E-state index is -0.307. The van der Waals surface area contributed by atoms with Crippen molar-refractivity contribution in [3.8, 4) is 11.5 Å². The average Bonchev–Trinajstić information content (AvgIpc) is 2.68. The molecule has 0 bridgehead atoms. The van der Waals surface area contributed by atoms with E-state index in [2.05, 4.69) is 10.3 Å². The number of aryl methyl sites for hydroxylation is 1. The Bertz CT molecular complexity index is 1180. The van der Waals surface area contributed by atoms with Gasteiger partial charge in [0.1, 0.15) is 0 Å². The van der Waals surface area contributed by atoms with Crippen molar-refractivity contribution in [2.24, 2.45) is 0 Å². The fraction of sp³-hybridized carbons (Fsp3) is 0.217. The summed E-state index contributed by atoms with van der Waals surface area (Å²) in [6.07, 6.45) is 2.19. The fourth-order valence-electron chi connectivity index (χ4n) is 4.44. The number of phenolic OH excluding ortho intramolecular Hbond substituents is 2. The molecule has 0 saturated heterocycles. The molecule has 2 aromatic carbocycles. The number of benzene rings is 2. The molecule has 5 heteroatoms. The lowest BCUT2D eigenvalue weighted by Crippen LogP contribution is -2.27. The molecular formula is C23H20N2O3. The van der Waals surface area contributed by atoms with Gasteiger partial charge in [0.2, 0.25) is 0 Å². The molecule has 5 rings (SSSR count). The maximum Gasteiger partial charge on any atom is 0.161 e. The van der Waals surface area contributed by atoms with Gasteiger partial charge in [0.25, 0.3) is 0 Å². The van der Waals surface area contributed by atoms with Gasteiger partial charge in [0, 0.05) is 40.4 Å². The highest BCUT2D eigenvalue weighted by Crippen LogP contribution is 2.48. The highest BCUT2D eigenvalue weighted by Gasteiger charge is 2.36. The lowest BCUT2D eigenvalue weighted by molar-refractivity contribution is -0.116. The van der Waals surface area contributed by atoms with Crippen LogP contribution in [0.1, 0.15) is 42.0 Å². The number of ketones is 1. The van der Waals surface area contributed by atoms with Crippen molar-refractivity contribution in [2.45, 2.75) is 32.1 Å². The van der Waals surface area contributed by atoms with Gasteiger partial charge in [-0.1, -0.05) is 12.1 Å². The summed E-state index contributed by atoms with van der Waals surface area (Å²) in [6.45, 7) is 1.96. The Kier molecular flexibility index (Phi) is 3.66. The van der Waals surface area contributed by atoms with Crippen LogP contribution in [0, 0.1) is 6.92 Å². The van der Waals surface area contributed by atoms with Gasteiger partial charge < -0.3 is 15.5 Å². The summed E-state index contributed by atoms with van der Waals surface area (Å²) in [6, 6.07) is 12.8. The number of nitrogens with zero attached hydrogens (tertiary/aromatic N) is 1. The summed E-state index contributed by atoms with van der Waals surface area (Å²) in [5.74, 6) is -0.526. The normalized spacial score (nSPS) is 18.6. The van der Waals surface area contributed by atoms with E-state index in [0.717, 1.165) is 57.5 Å². The molecule has 0 fully saturated rings. The van der Waals surface area contributed by atoms with E-state index in [1.54, 1.807) is 12.1 Å².